The van der Waals surface area contributed by atoms with Crippen LogP contribution >= 0.6 is 0 Å². The Morgan fingerprint density at radius 3 is 2.46 bits per heavy atom. The van der Waals surface area contributed by atoms with Crippen LogP contribution in [0.15, 0.2) is 66.9 Å². The number of aliphatic carboxylic acids is 1. The molecule has 26 heavy (non-hydrogen) atoms. The summed E-state index contributed by atoms with van der Waals surface area (Å²) in [5, 5.41) is 8.81. The molecule has 0 aliphatic carbocycles. The van der Waals surface area contributed by atoms with Crippen molar-refractivity contribution in [1.29, 1.82) is 0 Å². The lowest BCUT2D eigenvalue weighted by Crippen LogP contribution is -2.14. The Kier molecular flexibility index (Phi) is 5.03. The third-order valence-electron chi connectivity index (χ3n) is 3.75. The molecular weight excluding hydrogens is 333 g/mol. The number of aromatic nitrogens is 2. The van der Waals surface area contributed by atoms with Crippen LogP contribution in [0.25, 0.3) is 17.3 Å². The summed E-state index contributed by atoms with van der Waals surface area (Å²) in [4.78, 5) is 21.6. The molecule has 3 aromatic rings. The van der Waals surface area contributed by atoms with Gasteiger partial charge in [-0.2, -0.15) is 0 Å². The van der Waals surface area contributed by atoms with Crippen molar-refractivity contribution in [2.75, 3.05) is 11.9 Å². The van der Waals surface area contributed by atoms with Crippen LogP contribution in [0.3, 0.4) is 0 Å². The SMILES string of the molecule is CN(c1ccccc1)c1nc(C=CC(=O)O)cnc1-c1ccc(F)cc1. The number of benzene rings is 2. The second-order valence-electron chi connectivity index (χ2n) is 5.54. The normalized spacial score (nSPS) is 10.8. The highest BCUT2D eigenvalue weighted by molar-refractivity contribution is 5.85. The number of hydrogen-bond acceptors (Lipinski definition) is 4. The second-order valence-corrected chi connectivity index (χ2v) is 5.54. The summed E-state index contributed by atoms with van der Waals surface area (Å²) in [5.74, 6) is -0.858. The van der Waals surface area contributed by atoms with Crippen LogP contribution in [0.5, 0.6) is 0 Å². The van der Waals surface area contributed by atoms with E-state index in [4.69, 9.17) is 5.11 Å². The minimum absolute atomic E-state index is 0.333. The Labute approximate surface area is 150 Å². The maximum absolute atomic E-state index is 13.3. The van der Waals surface area contributed by atoms with Crippen LogP contribution in [0.2, 0.25) is 0 Å². The van der Waals surface area contributed by atoms with Gasteiger partial charge in [-0.3, -0.25) is 4.98 Å². The number of hydrogen-bond donors (Lipinski definition) is 1. The summed E-state index contributed by atoms with van der Waals surface area (Å²) in [6, 6.07) is 15.6. The maximum Gasteiger partial charge on any atom is 0.328 e. The third kappa shape index (κ3) is 3.92. The van der Waals surface area contributed by atoms with Crippen molar-refractivity contribution in [2.24, 2.45) is 0 Å². The van der Waals surface area contributed by atoms with Gasteiger partial charge >= 0.3 is 5.97 Å². The largest absolute Gasteiger partial charge is 0.478 e. The molecule has 2 aromatic carbocycles. The Hall–Kier alpha value is -3.54. The fourth-order valence-corrected chi connectivity index (χ4v) is 2.45. The van der Waals surface area contributed by atoms with Gasteiger partial charge in [0.25, 0.3) is 0 Å². The molecule has 130 valence electrons. The van der Waals surface area contributed by atoms with E-state index in [1.54, 1.807) is 12.1 Å². The van der Waals surface area contributed by atoms with Gasteiger partial charge in [0.15, 0.2) is 5.82 Å². The van der Waals surface area contributed by atoms with E-state index in [9.17, 15) is 9.18 Å². The van der Waals surface area contributed by atoms with Gasteiger partial charge in [0.2, 0.25) is 0 Å². The van der Waals surface area contributed by atoms with Crippen molar-refractivity contribution in [3.8, 4) is 11.3 Å². The zero-order valence-corrected chi connectivity index (χ0v) is 14.0. The van der Waals surface area contributed by atoms with Gasteiger partial charge in [0, 0.05) is 24.4 Å². The highest BCUT2D eigenvalue weighted by Gasteiger charge is 2.15. The monoisotopic (exact) mass is 349 g/mol. The molecule has 1 aromatic heterocycles. The van der Waals surface area contributed by atoms with E-state index in [0.29, 0.717) is 22.8 Å². The first-order valence-corrected chi connectivity index (χ1v) is 7.87. The van der Waals surface area contributed by atoms with Crippen molar-refractivity contribution >= 4 is 23.6 Å². The zero-order valence-electron chi connectivity index (χ0n) is 14.0. The first-order chi connectivity index (χ1) is 12.5. The van der Waals surface area contributed by atoms with E-state index < -0.39 is 5.97 Å². The number of carboxylic acid groups (broad SMARTS) is 1. The molecule has 0 aliphatic heterocycles. The van der Waals surface area contributed by atoms with Gasteiger partial charge in [-0.05, 0) is 42.5 Å². The smallest absolute Gasteiger partial charge is 0.328 e. The summed E-state index contributed by atoms with van der Waals surface area (Å²) < 4.78 is 13.3. The summed E-state index contributed by atoms with van der Waals surface area (Å²) in [6.45, 7) is 0. The summed E-state index contributed by atoms with van der Waals surface area (Å²) >= 11 is 0. The van der Waals surface area contributed by atoms with Crippen LogP contribution in [-0.4, -0.2) is 28.1 Å². The van der Waals surface area contributed by atoms with E-state index in [0.717, 1.165) is 11.8 Å². The molecular formula is C20H16FN3O2. The Morgan fingerprint density at radius 2 is 1.81 bits per heavy atom. The van der Waals surface area contributed by atoms with Crippen LogP contribution in [-0.2, 0) is 4.79 Å². The highest BCUT2D eigenvalue weighted by Crippen LogP contribution is 2.31. The summed E-state index contributed by atoms with van der Waals surface area (Å²) in [5.41, 5.74) is 2.59. The molecule has 1 N–H and O–H groups in total. The third-order valence-corrected chi connectivity index (χ3v) is 3.75. The molecule has 0 atom stereocenters. The molecule has 0 bridgehead atoms. The summed E-state index contributed by atoms with van der Waals surface area (Å²) in [7, 11) is 1.84. The number of rotatable bonds is 5. The fourth-order valence-electron chi connectivity index (χ4n) is 2.45. The van der Waals surface area contributed by atoms with Crippen LogP contribution in [0.1, 0.15) is 5.69 Å². The van der Waals surface area contributed by atoms with E-state index in [1.165, 1.54) is 24.4 Å². The quantitative estimate of drug-likeness (QED) is 0.701. The molecule has 3 rings (SSSR count). The van der Waals surface area contributed by atoms with Crippen molar-refractivity contribution in [3.63, 3.8) is 0 Å². The molecule has 0 aliphatic rings. The van der Waals surface area contributed by atoms with E-state index in [2.05, 4.69) is 9.97 Å². The first kappa shape index (κ1) is 17.3. The van der Waals surface area contributed by atoms with Crippen molar-refractivity contribution in [3.05, 3.63) is 78.4 Å². The van der Waals surface area contributed by atoms with E-state index >= 15 is 0 Å². The Morgan fingerprint density at radius 1 is 1.12 bits per heavy atom. The predicted octanol–water partition coefficient (Wildman–Crippen LogP) is 4.15. The average molecular weight is 349 g/mol. The number of anilines is 2. The maximum atomic E-state index is 13.3. The van der Waals surface area contributed by atoms with Crippen molar-refractivity contribution < 1.29 is 14.3 Å². The number of para-hydroxylation sites is 1. The number of nitrogens with zero attached hydrogens (tertiary/aromatic N) is 3. The van der Waals surface area contributed by atoms with Gasteiger partial charge in [-0.1, -0.05) is 18.2 Å². The van der Waals surface area contributed by atoms with Gasteiger partial charge in [-0.15, -0.1) is 0 Å². The molecule has 0 saturated carbocycles. The summed E-state index contributed by atoms with van der Waals surface area (Å²) in [6.07, 6.45) is 3.88. The van der Waals surface area contributed by atoms with Gasteiger partial charge in [0.1, 0.15) is 11.5 Å². The molecule has 0 saturated heterocycles. The predicted molar refractivity (Wildman–Crippen MR) is 98.6 cm³/mol. The van der Waals surface area contributed by atoms with Gasteiger partial charge in [0.05, 0.1) is 11.9 Å². The molecule has 0 spiro atoms. The number of carboxylic acids is 1. The standard InChI is InChI=1S/C20H16FN3O2/c1-24(17-5-3-2-4-6-17)20-19(14-7-9-15(21)10-8-14)22-13-16(23-20)11-12-18(25)26/h2-13H,1H3,(H,25,26). The van der Waals surface area contributed by atoms with Crippen LogP contribution < -0.4 is 4.90 Å². The first-order valence-electron chi connectivity index (χ1n) is 7.87. The Balaban J connectivity index is 2.11. The minimum Gasteiger partial charge on any atom is -0.478 e. The highest BCUT2D eigenvalue weighted by atomic mass is 19.1. The molecule has 0 amide bonds. The minimum atomic E-state index is -1.06. The van der Waals surface area contributed by atoms with Gasteiger partial charge < -0.3 is 10.0 Å². The van der Waals surface area contributed by atoms with E-state index in [1.807, 2.05) is 42.3 Å². The Bertz CT molecular complexity index is 941. The second kappa shape index (κ2) is 7.57. The van der Waals surface area contributed by atoms with Gasteiger partial charge in [-0.25, -0.2) is 14.2 Å². The van der Waals surface area contributed by atoms with E-state index in [-0.39, 0.29) is 5.82 Å². The lowest BCUT2D eigenvalue weighted by molar-refractivity contribution is -0.131. The average Bonchev–Trinajstić information content (AvgIpc) is 2.67. The molecule has 5 nitrogen and oxygen atoms in total. The van der Waals surface area contributed by atoms with Crippen molar-refractivity contribution in [1.82, 2.24) is 9.97 Å². The zero-order chi connectivity index (χ0) is 18.5. The molecule has 1 heterocycles. The molecule has 0 radical (unpaired) electrons. The lowest BCUT2D eigenvalue weighted by atomic mass is 10.1. The molecule has 0 fully saturated rings. The number of halogens is 1. The fraction of sp³-hybridized carbons (Fsp3) is 0.0500. The molecule has 0 unspecified atom stereocenters. The molecule has 6 heteroatoms. The lowest BCUT2D eigenvalue weighted by Gasteiger charge is -2.21. The topological polar surface area (TPSA) is 66.3 Å². The van der Waals surface area contributed by atoms with Crippen LogP contribution in [0, 0.1) is 5.82 Å². The number of carbonyl (C=O) groups is 1. The van der Waals surface area contributed by atoms with Crippen molar-refractivity contribution in [2.45, 2.75) is 0 Å². The van der Waals surface area contributed by atoms with Crippen LogP contribution in [0.4, 0.5) is 15.9 Å².